The van der Waals surface area contributed by atoms with Crippen molar-refractivity contribution in [3.63, 3.8) is 0 Å². The number of hydrogen-bond donors (Lipinski definition) is 3. The molecule has 7 nitrogen and oxygen atoms in total. The predicted octanol–water partition coefficient (Wildman–Crippen LogP) is 1.47. The first-order valence-electron chi connectivity index (χ1n) is 4.47. The molecule has 2 unspecified atom stereocenters. The number of rotatable bonds is 6. The van der Waals surface area contributed by atoms with Gasteiger partial charge < -0.3 is 5.73 Å². The van der Waals surface area contributed by atoms with Gasteiger partial charge in [0.1, 0.15) is 0 Å². The van der Waals surface area contributed by atoms with E-state index in [2.05, 4.69) is 9.05 Å². The molecule has 1 rings (SSSR count). The molecule has 1 aromatic carbocycles. The minimum atomic E-state index is -2.91. The van der Waals surface area contributed by atoms with E-state index in [0.717, 1.165) is 0 Å². The molecule has 92 valence electrons. The van der Waals surface area contributed by atoms with Gasteiger partial charge in [-0.3, -0.25) is 0 Å². The highest BCUT2D eigenvalue weighted by molar-refractivity contribution is 7.32. The largest absolute Gasteiger partial charge is 0.697 e. The molecular weight excluding hydrogens is 268 g/mol. The Kier molecular flexibility index (Phi) is 5.58. The number of benzene rings is 1. The summed E-state index contributed by atoms with van der Waals surface area (Å²) in [7, 11) is -5.82. The van der Waals surface area contributed by atoms with Gasteiger partial charge in [-0.25, -0.2) is 0 Å². The summed E-state index contributed by atoms with van der Waals surface area (Å²) in [4.78, 5) is 17.1. The van der Waals surface area contributed by atoms with Crippen molar-refractivity contribution in [2.75, 3.05) is 5.73 Å². The van der Waals surface area contributed by atoms with Crippen LogP contribution in [0.15, 0.2) is 24.3 Å². The Morgan fingerprint density at radius 3 is 2.00 bits per heavy atom. The standard InChI is InChI=1S/C8H9NO6P2/c9-7-3-1-6(2-4-7)5-8(14-16(10)11)15-17(12)13/h1-4,8H,5,9H2/p+2. The first-order valence-corrected chi connectivity index (χ1v) is 6.73. The first kappa shape index (κ1) is 14.1. The summed E-state index contributed by atoms with van der Waals surface area (Å²) >= 11 is 0. The van der Waals surface area contributed by atoms with Gasteiger partial charge in [0.2, 0.25) is 0 Å². The Bertz CT molecular complexity index is 393. The SMILES string of the molecule is Nc1ccc(CC(O[P+](=O)O)O[P+](=O)O)cc1. The maximum atomic E-state index is 10.5. The number of nitrogen functional groups attached to an aromatic ring is 1. The molecule has 9 heteroatoms. The summed E-state index contributed by atoms with van der Waals surface area (Å²) in [6.45, 7) is 0. The second-order valence-electron chi connectivity index (χ2n) is 3.06. The van der Waals surface area contributed by atoms with Crippen molar-refractivity contribution in [1.29, 1.82) is 0 Å². The van der Waals surface area contributed by atoms with Gasteiger partial charge in [0, 0.05) is 21.2 Å². The molecule has 4 N–H and O–H groups in total. The summed E-state index contributed by atoms with van der Waals surface area (Å²) < 4.78 is 29.9. The van der Waals surface area contributed by atoms with Gasteiger partial charge in [0.15, 0.2) is 0 Å². The average Bonchev–Trinajstić information content (AvgIpc) is 2.19. The van der Waals surface area contributed by atoms with Crippen LogP contribution in [-0.2, 0) is 24.6 Å². The van der Waals surface area contributed by atoms with Crippen LogP contribution in [0.2, 0.25) is 0 Å². The van der Waals surface area contributed by atoms with Crippen LogP contribution in [0, 0.1) is 0 Å². The van der Waals surface area contributed by atoms with Gasteiger partial charge in [0.25, 0.3) is 6.29 Å². The highest BCUT2D eigenvalue weighted by Crippen LogP contribution is 2.28. The van der Waals surface area contributed by atoms with Gasteiger partial charge >= 0.3 is 16.5 Å². The molecule has 0 aliphatic carbocycles. The smallest absolute Gasteiger partial charge is 0.399 e. The Morgan fingerprint density at radius 1 is 1.12 bits per heavy atom. The summed E-state index contributed by atoms with van der Waals surface area (Å²) in [5.41, 5.74) is 6.74. The van der Waals surface area contributed by atoms with Gasteiger partial charge in [-0.1, -0.05) is 21.2 Å². The Hall–Kier alpha value is -0.940. The lowest BCUT2D eigenvalue weighted by Gasteiger charge is -2.03. The molecule has 0 bridgehead atoms. The van der Waals surface area contributed by atoms with Crippen LogP contribution in [0.4, 0.5) is 5.69 Å². The van der Waals surface area contributed by atoms with Crippen LogP contribution < -0.4 is 5.73 Å². The third-order valence-corrected chi connectivity index (χ3v) is 2.63. The zero-order chi connectivity index (χ0) is 12.8. The molecule has 0 spiro atoms. The van der Waals surface area contributed by atoms with Crippen molar-refractivity contribution in [3.05, 3.63) is 29.8 Å². The molecule has 1 aromatic rings. The molecule has 0 fully saturated rings. The van der Waals surface area contributed by atoms with Crippen LogP contribution in [0.25, 0.3) is 0 Å². The number of nitrogens with two attached hydrogens (primary N) is 1. The van der Waals surface area contributed by atoms with E-state index in [1.54, 1.807) is 24.3 Å². The quantitative estimate of drug-likeness (QED) is 0.409. The van der Waals surface area contributed by atoms with E-state index >= 15 is 0 Å². The van der Waals surface area contributed by atoms with Crippen LogP contribution in [0.1, 0.15) is 5.56 Å². The average molecular weight is 279 g/mol. The molecule has 0 aliphatic heterocycles. The molecule has 0 amide bonds. The normalized spacial score (nSPS) is 14.2. The molecule has 0 heterocycles. The highest BCUT2D eigenvalue weighted by Gasteiger charge is 2.32. The minimum Gasteiger partial charge on any atom is -0.399 e. The molecule has 0 saturated heterocycles. The molecule has 17 heavy (non-hydrogen) atoms. The van der Waals surface area contributed by atoms with E-state index in [1.807, 2.05) is 0 Å². The second kappa shape index (κ2) is 6.71. The lowest BCUT2D eigenvalue weighted by molar-refractivity contribution is 0.00346. The summed E-state index contributed by atoms with van der Waals surface area (Å²) in [6.07, 6.45) is -1.20. The zero-order valence-corrected chi connectivity index (χ0v) is 10.4. The van der Waals surface area contributed by atoms with Crippen LogP contribution in [0.5, 0.6) is 0 Å². The van der Waals surface area contributed by atoms with E-state index in [1.165, 1.54) is 0 Å². The van der Waals surface area contributed by atoms with Crippen molar-refractivity contribution in [3.8, 4) is 0 Å². The maximum absolute atomic E-state index is 10.5. The van der Waals surface area contributed by atoms with Crippen LogP contribution in [0.3, 0.4) is 0 Å². The zero-order valence-electron chi connectivity index (χ0n) is 8.59. The first-order chi connectivity index (χ1) is 7.97. The van der Waals surface area contributed by atoms with Gasteiger partial charge in [-0.2, -0.15) is 0 Å². The summed E-state index contributed by atoms with van der Waals surface area (Å²) in [5, 5.41) is 0. The fraction of sp³-hybridized carbons (Fsp3) is 0.250. The highest BCUT2D eigenvalue weighted by atomic mass is 31.1. The van der Waals surface area contributed by atoms with Gasteiger partial charge in [0.05, 0.1) is 0 Å². The monoisotopic (exact) mass is 279 g/mol. The molecule has 0 radical (unpaired) electrons. The summed E-state index contributed by atoms with van der Waals surface area (Å²) in [5.74, 6) is 0. The van der Waals surface area contributed by atoms with E-state index in [0.29, 0.717) is 11.3 Å². The third kappa shape index (κ3) is 5.79. The van der Waals surface area contributed by atoms with Gasteiger partial charge in [-0.15, -0.1) is 9.79 Å². The van der Waals surface area contributed by atoms with E-state index in [9.17, 15) is 9.13 Å². The van der Waals surface area contributed by atoms with E-state index < -0.39 is 22.8 Å². The Balaban J connectivity index is 2.67. The van der Waals surface area contributed by atoms with Crippen molar-refractivity contribution in [2.45, 2.75) is 12.7 Å². The second-order valence-corrected chi connectivity index (χ2v) is 4.43. The predicted molar refractivity (Wildman–Crippen MR) is 60.2 cm³/mol. The van der Waals surface area contributed by atoms with Crippen molar-refractivity contribution in [2.24, 2.45) is 0 Å². The number of hydrogen-bond acceptors (Lipinski definition) is 5. The Labute approximate surface area is 99.1 Å². The van der Waals surface area contributed by atoms with Crippen molar-refractivity contribution >= 4 is 22.2 Å². The molecule has 0 aliphatic rings. The molecule has 0 aromatic heterocycles. The molecular formula is C8H11NO6P2+2. The third-order valence-electron chi connectivity index (χ3n) is 1.80. The van der Waals surface area contributed by atoms with Crippen molar-refractivity contribution in [1.82, 2.24) is 0 Å². The lowest BCUT2D eigenvalue weighted by atomic mass is 10.1. The summed E-state index contributed by atoms with van der Waals surface area (Å²) in [6, 6.07) is 6.57. The minimum absolute atomic E-state index is 0.0591. The topological polar surface area (TPSA) is 119 Å². The Morgan fingerprint density at radius 2 is 1.59 bits per heavy atom. The van der Waals surface area contributed by atoms with Crippen molar-refractivity contribution < 1.29 is 28.0 Å². The maximum Gasteiger partial charge on any atom is 0.697 e. The lowest BCUT2D eigenvalue weighted by Crippen LogP contribution is -2.14. The number of anilines is 1. The molecule has 2 atom stereocenters. The van der Waals surface area contributed by atoms with E-state index in [-0.39, 0.29) is 6.42 Å². The van der Waals surface area contributed by atoms with E-state index in [4.69, 9.17) is 15.5 Å². The van der Waals surface area contributed by atoms with Crippen LogP contribution >= 0.6 is 16.5 Å². The van der Waals surface area contributed by atoms with Crippen LogP contribution in [-0.4, -0.2) is 16.1 Å². The fourth-order valence-corrected chi connectivity index (χ4v) is 1.85. The fourth-order valence-electron chi connectivity index (χ4n) is 1.14. The van der Waals surface area contributed by atoms with Gasteiger partial charge in [-0.05, 0) is 17.7 Å². The molecule has 0 saturated carbocycles.